The third-order valence-corrected chi connectivity index (χ3v) is 3.36. The van der Waals surface area contributed by atoms with E-state index in [1.807, 2.05) is 30.3 Å². The summed E-state index contributed by atoms with van der Waals surface area (Å²) in [6.45, 7) is 1.94. The van der Waals surface area contributed by atoms with Crippen LogP contribution < -0.4 is 5.73 Å². The zero-order chi connectivity index (χ0) is 13.0. The highest BCUT2D eigenvalue weighted by atomic mass is 16.5. The molecule has 0 aromatic heterocycles. The van der Waals surface area contributed by atoms with Crippen LogP contribution in [0.5, 0.6) is 0 Å². The summed E-state index contributed by atoms with van der Waals surface area (Å²) in [6.07, 6.45) is 1.80. The number of hydrogen-bond acceptors (Lipinski definition) is 4. The molecule has 0 bridgehead atoms. The number of esters is 1. The Balaban J connectivity index is 1.88. The van der Waals surface area contributed by atoms with Crippen molar-refractivity contribution in [3.05, 3.63) is 35.9 Å². The Morgan fingerprint density at radius 2 is 1.94 bits per heavy atom. The van der Waals surface area contributed by atoms with Crippen LogP contribution in [0.15, 0.2) is 30.3 Å². The van der Waals surface area contributed by atoms with Crippen molar-refractivity contribution in [2.75, 3.05) is 20.1 Å². The highest BCUT2D eigenvalue weighted by molar-refractivity contribution is 5.77. The van der Waals surface area contributed by atoms with E-state index in [2.05, 4.69) is 11.9 Å². The molecule has 1 aromatic rings. The third kappa shape index (κ3) is 3.31. The van der Waals surface area contributed by atoms with Crippen LogP contribution in [0.1, 0.15) is 24.4 Å². The Morgan fingerprint density at radius 1 is 1.33 bits per heavy atom. The van der Waals surface area contributed by atoms with Gasteiger partial charge in [-0.05, 0) is 25.5 Å². The molecule has 1 aliphatic heterocycles. The Morgan fingerprint density at radius 3 is 2.56 bits per heavy atom. The smallest absolute Gasteiger partial charge is 0.327 e. The lowest BCUT2D eigenvalue weighted by Crippen LogP contribution is -2.37. The van der Waals surface area contributed by atoms with E-state index in [0.717, 1.165) is 31.5 Å². The van der Waals surface area contributed by atoms with Crippen molar-refractivity contribution < 1.29 is 9.53 Å². The van der Waals surface area contributed by atoms with E-state index in [4.69, 9.17) is 10.5 Å². The SMILES string of the molecule is CN1CCC(OC(=O)C(N)c2ccccc2)CC1. The first-order chi connectivity index (χ1) is 8.66. The molecular formula is C14H20N2O2. The highest BCUT2D eigenvalue weighted by Crippen LogP contribution is 2.17. The van der Waals surface area contributed by atoms with Crippen molar-refractivity contribution in [1.82, 2.24) is 4.90 Å². The number of likely N-dealkylation sites (tertiary alicyclic amines) is 1. The van der Waals surface area contributed by atoms with Gasteiger partial charge in [0.05, 0.1) is 0 Å². The molecule has 1 heterocycles. The fourth-order valence-corrected chi connectivity index (χ4v) is 2.14. The minimum Gasteiger partial charge on any atom is -0.461 e. The van der Waals surface area contributed by atoms with E-state index < -0.39 is 6.04 Å². The Labute approximate surface area is 108 Å². The van der Waals surface area contributed by atoms with Gasteiger partial charge < -0.3 is 15.4 Å². The number of carbonyl (C=O) groups excluding carboxylic acids is 1. The average Bonchev–Trinajstić information content (AvgIpc) is 2.41. The molecule has 2 rings (SSSR count). The van der Waals surface area contributed by atoms with Gasteiger partial charge >= 0.3 is 5.97 Å². The lowest BCUT2D eigenvalue weighted by molar-refractivity contribution is -0.152. The third-order valence-electron chi connectivity index (χ3n) is 3.36. The van der Waals surface area contributed by atoms with Gasteiger partial charge in [0, 0.05) is 13.1 Å². The molecule has 0 saturated carbocycles. The van der Waals surface area contributed by atoms with E-state index >= 15 is 0 Å². The van der Waals surface area contributed by atoms with Gasteiger partial charge in [-0.3, -0.25) is 0 Å². The molecule has 0 spiro atoms. The average molecular weight is 248 g/mol. The normalized spacial score (nSPS) is 19.4. The summed E-state index contributed by atoms with van der Waals surface area (Å²) in [6, 6.07) is 8.67. The molecule has 1 atom stereocenters. The van der Waals surface area contributed by atoms with Gasteiger partial charge in [0.25, 0.3) is 0 Å². The predicted octanol–water partition coefficient (Wildman–Crippen LogP) is 1.32. The van der Waals surface area contributed by atoms with Crippen LogP contribution in [0.2, 0.25) is 0 Å². The largest absolute Gasteiger partial charge is 0.461 e. The number of piperidine rings is 1. The molecular weight excluding hydrogens is 228 g/mol. The lowest BCUT2D eigenvalue weighted by atomic mass is 10.1. The van der Waals surface area contributed by atoms with E-state index in [1.54, 1.807) is 0 Å². The Kier molecular flexibility index (Phi) is 4.33. The lowest BCUT2D eigenvalue weighted by Gasteiger charge is -2.29. The molecule has 1 aromatic carbocycles. The zero-order valence-electron chi connectivity index (χ0n) is 10.7. The maximum absolute atomic E-state index is 11.9. The molecule has 0 amide bonds. The summed E-state index contributed by atoms with van der Waals surface area (Å²) < 4.78 is 5.47. The van der Waals surface area contributed by atoms with Crippen LogP contribution in [0.4, 0.5) is 0 Å². The van der Waals surface area contributed by atoms with Crippen molar-refractivity contribution >= 4 is 5.97 Å². The molecule has 1 unspecified atom stereocenters. The van der Waals surface area contributed by atoms with E-state index in [1.165, 1.54) is 0 Å². The summed E-state index contributed by atoms with van der Waals surface area (Å²) in [5, 5.41) is 0. The first-order valence-electron chi connectivity index (χ1n) is 6.36. The Hall–Kier alpha value is -1.39. The van der Waals surface area contributed by atoms with E-state index in [0.29, 0.717) is 0 Å². The predicted molar refractivity (Wildman–Crippen MR) is 70.0 cm³/mol. The number of ether oxygens (including phenoxy) is 1. The quantitative estimate of drug-likeness (QED) is 0.820. The fourth-order valence-electron chi connectivity index (χ4n) is 2.14. The van der Waals surface area contributed by atoms with Gasteiger partial charge in [0.15, 0.2) is 0 Å². The zero-order valence-corrected chi connectivity index (χ0v) is 10.7. The van der Waals surface area contributed by atoms with Crippen LogP contribution in [-0.2, 0) is 9.53 Å². The standard InChI is InChI=1S/C14H20N2O2/c1-16-9-7-12(8-10-16)18-14(17)13(15)11-5-3-2-4-6-11/h2-6,12-13H,7-10,15H2,1H3. The van der Waals surface area contributed by atoms with Crippen molar-refractivity contribution in [1.29, 1.82) is 0 Å². The first kappa shape index (κ1) is 13.1. The molecule has 4 heteroatoms. The van der Waals surface area contributed by atoms with Gasteiger partial charge in [-0.1, -0.05) is 30.3 Å². The summed E-state index contributed by atoms with van der Waals surface area (Å²) in [5.41, 5.74) is 6.70. The molecule has 1 saturated heterocycles. The van der Waals surface area contributed by atoms with E-state index in [9.17, 15) is 4.79 Å². The minimum absolute atomic E-state index is 0.0171. The maximum atomic E-state index is 11.9. The number of nitrogens with two attached hydrogens (primary N) is 1. The molecule has 4 nitrogen and oxygen atoms in total. The molecule has 18 heavy (non-hydrogen) atoms. The van der Waals surface area contributed by atoms with Crippen molar-refractivity contribution in [2.45, 2.75) is 25.0 Å². The molecule has 1 aliphatic rings. The summed E-state index contributed by atoms with van der Waals surface area (Å²) in [7, 11) is 2.08. The summed E-state index contributed by atoms with van der Waals surface area (Å²) in [4.78, 5) is 14.2. The monoisotopic (exact) mass is 248 g/mol. The number of carbonyl (C=O) groups is 1. The number of benzene rings is 1. The van der Waals surface area contributed by atoms with Crippen LogP contribution in [0, 0.1) is 0 Å². The van der Waals surface area contributed by atoms with Crippen molar-refractivity contribution in [3.8, 4) is 0 Å². The van der Waals surface area contributed by atoms with Crippen molar-refractivity contribution in [2.24, 2.45) is 5.73 Å². The Bertz CT molecular complexity index is 386. The second kappa shape index (κ2) is 5.98. The summed E-state index contributed by atoms with van der Waals surface area (Å²) >= 11 is 0. The van der Waals surface area contributed by atoms with Gasteiger partial charge in [-0.25, -0.2) is 4.79 Å². The molecule has 1 fully saturated rings. The van der Waals surface area contributed by atoms with Gasteiger partial charge in [0.1, 0.15) is 12.1 Å². The van der Waals surface area contributed by atoms with E-state index in [-0.39, 0.29) is 12.1 Å². The second-order valence-corrected chi connectivity index (χ2v) is 4.83. The maximum Gasteiger partial charge on any atom is 0.327 e. The fraction of sp³-hybridized carbons (Fsp3) is 0.500. The number of rotatable bonds is 3. The van der Waals surface area contributed by atoms with Crippen LogP contribution in [-0.4, -0.2) is 37.1 Å². The molecule has 0 radical (unpaired) electrons. The van der Waals surface area contributed by atoms with Gasteiger partial charge in [-0.2, -0.15) is 0 Å². The molecule has 2 N–H and O–H groups in total. The number of hydrogen-bond donors (Lipinski definition) is 1. The first-order valence-corrected chi connectivity index (χ1v) is 6.36. The molecule has 0 aliphatic carbocycles. The number of nitrogens with zero attached hydrogens (tertiary/aromatic N) is 1. The molecule has 98 valence electrons. The second-order valence-electron chi connectivity index (χ2n) is 4.83. The van der Waals surface area contributed by atoms with Crippen molar-refractivity contribution in [3.63, 3.8) is 0 Å². The summed E-state index contributed by atoms with van der Waals surface area (Å²) in [5.74, 6) is -0.323. The van der Waals surface area contributed by atoms with Crippen LogP contribution >= 0.6 is 0 Å². The highest BCUT2D eigenvalue weighted by Gasteiger charge is 2.24. The minimum atomic E-state index is -0.675. The topological polar surface area (TPSA) is 55.6 Å². The van der Waals surface area contributed by atoms with Crippen LogP contribution in [0.25, 0.3) is 0 Å². The van der Waals surface area contributed by atoms with Gasteiger partial charge in [-0.15, -0.1) is 0 Å². The van der Waals surface area contributed by atoms with Crippen LogP contribution in [0.3, 0.4) is 0 Å². The van der Waals surface area contributed by atoms with Gasteiger partial charge in [0.2, 0.25) is 0 Å².